The van der Waals surface area contributed by atoms with Crippen LogP contribution in [0.2, 0.25) is 0 Å². The standard InChI is InChI=1S/C18H21NO/c1-13(19-2)14-7-9-17(10-8-14)20-12-16-11-15-5-3-4-6-18(15)16/h3-10,13,16,19H,11-12H2,1-2H3. The molecule has 1 N–H and O–H groups in total. The van der Waals surface area contributed by atoms with Gasteiger partial charge in [0.05, 0.1) is 6.61 Å². The number of hydrogen-bond acceptors (Lipinski definition) is 2. The predicted molar refractivity (Wildman–Crippen MR) is 82.3 cm³/mol. The van der Waals surface area contributed by atoms with Crippen molar-refractivity contribution < 1.29 is 4.74 Å². The van der Waals surface area contributed by atoms with Gasteiger partial charge >= 0.3 is 0 Å². The second-order valence-corrected chi connectivity index (χ2v) is 5.49. The minimum atomic E-state index is 0.377. The van der Waals surface area contributed by atoms with E-state index < -0.39 is 0 Å². The highest BCUT2D eigenvalue weighted by Gasteiger charge is 2.25. The molecule has 1 aliphatic carbocycles. The molecular weight excluding hydrogens is 246 g/mol. The molecule has 2 nitrogen and oxygen atoms in total. The fourth-order valence-electron chi connectivity index (χ4n) is 2.73. The molecule has 0 saturated heterocycles. The van der Waals surface area contributed by atoms with Gasteiger partial charge < -0.3 is 10.1 Å². The summed E-state index contributed by atoms with van der Waals surface area (Å²) in [4.78, 5) is 0. The molecule has 2 aromatic rings. The van der Waals surface area contributed by atoms with Gasteiger partial charge in [-0.1, -0.05) is 36.4 Å². The molecule has 2 heteroatoms. The van der Waals surface area contributed by atoms with Crippen LogP contribution in [-0.2, 0) is 6.42 Å². The van der Waals surface area contributed by atoms with Gasteiger partial charge in [-0.2, -0.15) is 0 Å². The number of hydrogen-bond donors (Lipinski definition) is 1. The molecule has 0 saturated carbocycles. The summed E-state index contributed by atoms with van der Waals surface area (Å²) in [6, 6.07) is 17.4. The fourth-order valence-corrected chi connectivity index (χ4v) is 2.73. The van der Waals surface area contributed by atoms with Gasteiger partial charge in [0.2, 0.25) is 0 Å². The van der Waals surface area contributed by atoms with Crippen LogP contribution in [-0.4, -0.2) is 13.7 Å². The summed E-state index contributed by atoms with van der Waals surface area (Å²) >= 11 is 0. The Labute approximate surface area is 120 Å². The second kappa shape index (κ2) is 5.68. The summed E-state index contributed by atoms with van der Waals surface area (Å²) in [5.74, 6) is 1.52. The summed E-state index contributed by atoms with van der Waals surface area (Å²) in [7, 11) is 1.98. The predicted octanol–water partition coefficient (Wildman–Crippen LogP) is 3.69. The van der Waals surface area contributed by atoms with Crippen molar-refractivity contribution in [2.45, 2.75) is 25.3 Å². The van der Waals surface area contributed by atoms with Crippen LogP contribution in [0.1, 0.15) is 35.6 Å². The van der Waals surface area contributed by atoms with Crippen molar-refractivity contribution in [3.05, 3.63) is 65.2 Å². The van der Waals surface area contributed by atoms with Crippen LogP contribution in [0.5, 0.6) is 5.75 Å². The van der Waals surface area contributed by atoms with Crippen molar-refractivity contribution in [2.75, 3.05) is 13.7 Å². The lowest BCUT2D eigenvalue weighted by atomic mass is 9.78. The first-order chi connectivity index (χ1) is 9.78. The van der Waals surface area contributed by atoms with Gasteiger partial charge in [-0.15, -0.1) is 0 Å². The highest BCUT2D eigenvalue weighted by Crippen LogP contribution is 2.35. The number of nitrogens with one attached hydrogen (secondary N) is 1. The van der Waals surface area contributed by atoms with E-state index in [1.54, 1.807) is 0 Å². The van der Waals surface area contributed by atoms with Crippen LogP contribution in [0.25, 0.3) is 0 Å². The summed E-state index contributed by atoms with van der Waals surface area (Å²) in [5.41, 5.74) is 4.21. The summed E-state index contributed by atoms with van der Waals surface area (Å²) < 4.78 is 5.91. The highest BCUT2D eigenvalue weighted by molar-refractivity contribution is 5.40. The Morgan fingerprint density at radius 2 is 1.90 bits per heavy atom. The number of ether oxygens (including phenoxy) is 1. The SMILES string of the molecule is CNC(C)c1ccc(OCC2Cc3ccccc32)cc1. The lowest BCUT2D eigenvalue weighted by Crippen LogP contribution is -2.23. The van der Waals surface area contributed by atoms with Gasteiger partial charge in [0.15, 0.2) is 0 Å². The van der Waals surface area contributed by atoms with Gasteiger partial charge in [0, 0.05) is 12.0 Å². The van der Waals surface area contributed by atoms with Crippen molar-refractivity contribution in [2.24, 2.45) is 0 Å². The van der Waals surface area contributed by atoms with Gasteiger partial charge in [-0.3, -0.25) is 0 Å². The lowest BCUT2D eigenvalue weighted by Gasteiger charge is -2.29. The normalized spacial score (nSPS) is 18.0. The molecular formula is C18H21NO. The van der Waals surface area contributed by atoms with Crippen LogP contribution in [0, 0.1) is 0 Å². The van der Waals surface area contributed by atoms with Crippen molar-refractivity contribution in [1.29, 1.82) is 0 Å². The summed E-state index contributed by atoms with van der Waals surface area (Å²) in [5, 5.41) is 3.24. The molecule has 0 bridgehead atoms. The first-order valence-electron chi connectivity index (χ1n) is 7.25. The summed E-state index contributed by atoms with van der Waals surface area (Å²) in [6.07, 6.45) is 1.14. The molecule has 1 aliphatic rings. The fraction of sp³-hybridized carbons (Fsp3) is 0.333. The Morgan fingerprint density at radius 3 is 2.60 bits per heavy atom. The Morgan fingerprint density at radius 1 is 1.15 bits per heavy atom. The Hall–Kier alpha value is -1.80. The number of benzene rings is 2. The molecule has 0 spiro atoms. The van der Waals surface area contributed by atoms with E-state index >= 15 is 0 Å². The Kier molecular flexibility index (Phi) is 3.75. The average molecular weight is 267 g/mol. The zero-order valence-corrected chi connectivity index (χ0v) is 12.1. The second-order valence-electron chi connectivity index (χ2n) is 5.49. The molecule has 0 amide bonds. The van der Waals surface area contributed by atoms with Crippen LogP contribution in [0.3, 0.4) is 0 Å². The zero-order chi connectivity index (χ0) is 13.9. The van der Waals surface area contributed by atoms with E-state index in [1.807, 2.05) is 7.05 Å². The molecule has 0 aromatic heterocycles. The highest BCUT2D eigenvalue weighted by atomic mass is 16.5. The van der Waals surface area contributed by atoms with E-state index in [9.17, 15) is 0 Å². The zero-order valence-electron chi connectivity index (χ0n) is 12.1. The quantitative estimate of drug-likeness (QED) is 0.892. The third-order valence-electron chi connectivity index (χ3n) is 4.23. The third kappa shape index (κ3) is 2.56. The molecule has 0 fully saturated rings. The molecule has 0 heterocycles. The molecule has 2 aromatic carbocycles. The average Bonchev–Trinajstić information content (AvgIpc) is 2.48. The van der Waals surface area contributed by atoms with Gasteiger partial charge in [-0.05, 0) is 49.2 Å². The van der Waals surface area contributed by atoms with Crippen LogP contribution in [0.15, 0.2) is 48.5 Å². The molecule has 104 valence electrons. The van der Waals surface area contributed by atoms with E-state index in [1.165, 1.54) is 16.7 Å². The largest absolute Gasteiger partial charge is 0.493 e. The van der Waals surface area contributed by atoms with E-state index in [0.29, 0.717) is 12.0 Å². The minimum absolute atomic E-state index is 0.377. The topological polar surface area (TPSA) is 21.3 Å². The first kappa shape index (κ1) is 13.2. The van der Waals surface area contributed by atoms with Gasteiger partial charge in [0.25, 0.3) is 0 Å². The molecule has 0 aliphatic heterocycles. The van der Waals surface area contributed by atoms with Gasteiger partial charge in [-0.25, -0.2) is 0 Å². The molecule has 2 unspecified atom stereocenters. The monoisotopic (exact) mass is 267 g/mol. The Balaban J connectivity index is 1.57. The first-order valence-corrected chi connectivity index (χ1v) is 7.25. The summed E-state index contributed by atoms with van der Waals surface area (Å²) in [6.45, 7) is 2.93. The maximum atomic E-state index is 5.91. The molecule has 0 radical (unpaired) electrons. The third-order valence-corrected chi connectivity index (χ3v) is 4.23. The molecule has 2 atom stereocenters. The lowest BCUT2D eigenvalue weighted by molar-refractivity contribution is 0.275. The molecule has 20 heavy (non-hydrogen) atoms. The van der Waals surface area contributed by atoms with Crippen LogP contribution in [0.4, 0.5) is 0 Å². The number of rotatable bonds is 5. The maximum absolute atomic E-state index is 5.91. The minimum Gasteiger partial charge on any atom is -0.493 e. The van der Waals surface area contributed by atoms with Crippen molar-refractivity contribution >= 4 is 0 Å². The number of fused-ring (bicyclic) bond motifs is 1. The van der Waals surface area contributed by atoms with Crippen molar-refractivity contribution in [1.82, 2.24) is 5.32 Å². The van der Waals surface area contributed by atoms with E-state index in [2.05, 4.69) is 60.8 Å². The maximum Gasteiger partial charge on any atom is 0.119 e. The van der Waals surface area contributed by atoms with Crippen molar-refractivity contribution in [3.8, 4) is 5.75 Å². The van der Waals surface area contributed by atoms with E-state index in [4.69, 9.17) is 4.74 Å². The van der Waals surface area contributed by atoms with Crippen LogP contribution < -0.4 is 10.1 Å². The smallest absolute Gasteiger partial charge is 0.119 e. The van der Waals surface area contributed by atoms with Crippen molar-refractivity contribution in [3.63, 3.8) is 0 Å². The van der Waals surface area contributed by atoms with E-state index in [0.717, 1.165) is 18.8 Å². The van der Waals surface area contributed by atoms with Gasteiger partial charge in [0.1, 0.15) is 5.75 Å². The molecule has 3 rings (SSSR count). The van der Waals surface area contributed by atoms with E-state index in [-0.39, 0.29) is 0 Å². The Bertz CT molecular complexity index is 576. The van der Waals surface area contributed by atoms with Crippen LogP contribution >= 0.6 is 0 Å².